The Morgan fingerprint density at radius 2 is 2.13 bits per heavy atom. The molecule has 0 aromatic heterocycles. The van der Waals surface area contributed by atoms with Crippen LogP contribution < -0.4 is 5.32 Å². The van der Waals surface area contributed by atoms with Gasteiger partial charge in [0, 0.05) is 32.8 Å². The first-order valence-electron chi connectivity index (χ1n) is 5.86. The normalized spacial score (nSPS) is 18.9. The van der Waals surface area contributed by atoms with Gasteiger partial charge in [0.15, 0.2) is 0 Å². The Balaban J connectivity index is 2.24. The lowest BCUT2D eigenvalue weighted by atomic mass is 10.3. The number of piperazine rings is 1. The average molecular weight is 214 g/mol. The fourth-order valence-corrected chi connectivity index (χ4v) is 1.62. The van der Waals surface area contributed by atoms with Gasteiger partial charge in [-0.15, -0.1) is 0 Å². The van der Waals surface area contributed by atoms with Crippen molar-refractivity contribution in [3.8, 4) is 0 Å². The predicted octanol–water partition coefficient (Wildman–Crippen LogP) is 0.623. The number of ether oxygens (including phenoxy) is 1. The molecule has 0 bridgehead atoms. The van der Waals surface area contributed by atoms with E-state index in [2.05, 4.69) is 12.2 Å². The highest BCUT2D eigenvalue weighted by Gasteiger charge is 2.21. The molecule has 4 nitrogen and oxygen atoms in total. The zero-order chi connectivity index (χ0) is 11.1. The van der Waals surface area contributed by atoms with Gasteiger partial charge in [-0.3, -0.25) is 4.79 Å². The highest BCUT2D eigenvalue weighted by atomic mass is 16.5. The van der Waals surface area contributed by atoms with Gasteiger partial charge in [-0.2, -0.15) is 0 Å². The van der Waals surface area contributed by atoms with Crippen molar-refractivity contribution in [1.82, 2.24) is 10.2 Å². The van der Waals surface area contributed by atoms with Crippen LogP contribution in [-0.2, 0) is 9.53 Å². The van der Waals surface area contributed by atoms with Gasteiger partial charge in [-0.05, 0) is 13.3 Å². The van der Waals surface area contributed by atoms with E-state index in [4.69, 9.17) is 4.74 Å². The van der Waals surface area contributed by atoms with Crippen LogP contribution in [0.4, 0.5) is 0 Å². The molecule has 1 fully saturated rings. The first-order chi connectivity index (χ1) is 7.25. The van der Waals surface area contributed by atoms with Crippen LogP contribution in [0.5, 0.6) is 0 Å². The standard InChI is InChI=1S/C11H22N2O2/c1-3-4-9-15-10(2)11(14)13-7-5-12-6-8-13/h10,12H,3-9H2,1-2H3/t10-/m1/s1. The Hall–Kier alpha value is -0.610. The lowest BCUT2D eigenvalue weighted by Crippen LogP contribution is -2.49. The van der Waals surface area contributed by atoms with Crippen LogP contribution in [0.1, 0.15) is 26.7 Å². The molecule has 0 spiro atoms. The molecule has 0 radical (unpaired) electrons. The lowest BCUT2D eigenvalue weighted by Gasteiger charge is -2.29. The number of nitrogens with zero attached hydrogens (tertiary/aromatic N) is 1. The van der Waals surface area contributed by atoms with Crippen molar-refractivity contribution < 1.29 is 9.53 Å². The van der Waals surface area contributed by atoms with Crippen molar-refractivity contribution >= 4 is 5.91 Å². The molecule has 0 aromatic rings. The minimum Gasteiger partial charge on any atom is -0.369 e. The first kappa shape index (κ1) is 12.5. The van der Waals surface area contributed by atoms with Gasteiger partial charge in [0.2, 0.25) is 0 Å². The zero-order valence-corrected chi connectivity index (χ0v) is 9.79. The van der Waals surface area contributed by atoms with E-state index in [0.29, 0.717) is 6.61 Å². The molecule has 0 unspecified atom stereocenters. The van der Waals surface area contributed by atoms with Gasteiger partial charge in [0.1, 0.15) is 6.10 Å². The monoisotopic (exact) mass is 214 g/mol. The average Bonchev–Trinajstić information content (AvgIpc) is 2.29. The fraction of sp³-hybridized carbons (Fsp3) is 0.909. The molecule has 4 heteroatoms. The molecule has 15 heavy (non-hydrogen) atoms. The van der Waals surface area contributed by atoms with Crippen LogP contribution in [-0.4, -0.2) is 49.7 Å². The van der Waals surface area contributed by atoms with Gasteiger partial charge < -0.3 is 15.0 Å². The number of carbonyl (C=O) groups is 1. The van der Waals surface area contributed by atoms with Crippen LogP contribution >= 0.6 is 0 Å². The predicted molar refractivity (Wildman–Crippen MR) is 59.8 cm³/mol. The Kier molecular flexibility index (Phi) is 5.65. The smallest absolute Gasteiger partial charge is 0.251 e. The van der Waals surface area contributed by atoms with Crippen molar-refractivity contribution in [3.05, 3.63) is 0 Å². The second-order valence-electron chi connectivity index (χ2n) is 3.94. The summed E-state index contributed by atoms with van der Waals surface area (Å²) in [6.07, 6.45) is 1.85. The third-order valence-corrected chi connectivity index (χ3v) is 2.64. The molecule has 1 aliphatic heterocycles. The molecular weight excluding hydrogens is 192 g/mol. The molecule has 1 heterocycles. The van der Waals surface area contributed by atoms with E-state index < -0.39 is 0 Å². The number of hydrogen-bond acceptors (Lipinski definition) is 3. The molecule has 1 rings (SSSR count). The summed E-state index contributed by atoms with van der Waals surface area (Å²) >= 11 is 0. The van der Waals surface area contributed by atoms with E-state index in [1.165, 1.54) is 0 Å². The van der Waals surface area contributed by atoms with Crippen LogP contribution in [0.3, 0.4) is 0 Å². The van der Waals surface area contributed by atoms with Crippen molar-refractivity contribution in [2.24, 2.45) is 0 Å². The summed E-state index contributed by atoms with van der Waals surface area (Å²) < 4.78 is 5.49. The maximum Gasteiger partial charge on any atom is 0.251 e. The number of hydrogen-bond donors (Lipinski definition) is 1. The molecule has 88 valence electrons. The number of unbranched alkanes of at least 4 members (excludes halogenated alkanes) is 1. The Morgan fingerprint density at radius 1 is 1.47 bits per heavy atom. The SMILES string of the molecule is CCCCO[C@H](C)C(=O)N1CCNCC1. The van der Waals surface area contributed by atoms with Crippen LogP contribution in [0, 0.1) is 0 Å². The second kappa shape index (κ2) is 6.80. The summed E-state index contributed by atoms with van der Waals surface area (Å²) in [6.45, 7) is 8.06. The Bertz CT molecular complexity index is 191. The highest BCUT2D eigenvalue weighted by molar-refractivity contribution is 5.80. The number of nitrogens with one attached hydrogen (secondary N) is 1. The van der Waals surface area contributed by atoms with Crippen molar-refractivity contribution in [2.75, 3.05) is 32.8 Å². The minimum absolute atomic E-state index is 0.132. The van der Waals surface area contributed by atoms with Crippen LogP contribution in [0.2, 0.25) is 0 Å². The third kappa shape index (κ3) is 4.18. The van der Waals surface area contributed by atoms with Gasteiger partial charge in [-0.1, -0.05) is 13.3 Å². The highest BCUT2D eigenvalue weighted by Crippen LogP contribution is 2.02. The van der Waals surface area contributed by atoms with Gasteiger partial charge in [0.05, 0.1) is 0 Å². The van der Waals surface area contributed by atoms with E-state index in [9.17, 15) is 4.79 Å². The Labute approximate surface area is 92.0 Å². The van der Waals surface area contributed by atoms with Gasteiger partial charge in [0.25, 0.3) is 5.91 Å². The third-order valence-electron chi connectivity index (χ3n) is 2.64. The van der Waals surface area contributed by atoms with E-state index in [-0.39, 0.29) is 12.0 Å². The number of carbonyl (C=O) groups excluding carboxylic acids is 1. The Morgan fingerprint density at radius 3 is 2.73 bits per heavy atom. The number of rotatable bonds is 5. The molecule has 0 saturated carbocycles. The largest absolute Gasteiger partial charge is 0.369 e. The topological polar surface area (TPSA) is 41.6 Å². The molecule has 1 atom stereocenters. The summed E-state index contributed by atoms with van der Waals surface area (Å²) in [5.41, 5.74) is 0. The number of amides is 1. The van der Waals surface area contributed by atoms with Crippen LogP contribution in [0.15, 0.2) is 0 Å². The molecule has 1 saturated heterocycles. The van der Waals surface area contributed by atoms with Gasteiger partial charge in [-0.25, -0.2) is 0 Å². The van der Waals surface area contributed by atoms with E-state index in [0.717, 1.165) is 39.0 Å². The van der Waals surface area contributed by atoms with Crippen molar-refractivity contribution in [3.63, 3.8) is 0 Å². The minimum atomic E-state index is -0.283. The van der Waals surface area contributed by atoms with Gasteiger partial charge >= 0.3 is 0 Å². The maximum atomic E-state index is 11.9. The summed E-state index contributed by atoms with van der Waals surface area (Å²) in [7, 11) is 0. The van der Waals surface area contributed by atoms with Crippen LogP contribution in [0.25, 0.3) is 0 Å². The zero-order valence-electron chi connectivity index (χ0n) is 9.79. The molecular formula is C11H22N2O2. The molecule has 1 N–H and O–H groups in total. The van der Waals surface area contributed by atoms with E-state index >= 15 is 0 Å². The fourth-order valence-electron chi connectivity index (χ4n) is 1.62. The van der Waals surface area contributed by atoms with Crippen molar-refractivity contribution in [1.29, 1.82) is 0 Å². The molecule has 0 aromatic carbocycles. The van der Waals surface area contributed by atoms with Crippen molar-refractivity contribution in [2.45, 2.75) is 32.8 Å². The van der Waals surface area contributed by atoms with E-state index in [1.54, 1.807) is 0 Å². The molecule has 1 amide bonds. The second-order valence-corrected chi connectivity index (χ2v) is 3.94. The summed E-state index contributed by atoms with van der Waals surface area (Å²) in [4.78, 5) is 13.7. The summed E-state index contributed by atoms with van der Waals surface area (Å²) in [6, 6.07) is 0. The molecule has 1 aliphatic rings. The lowest BCUT2D eigenvalue weighted by molar-refractivity contribution is -0.143. The molecule has 0 aliphatic carbocycles. The quantitative estimate of drug-likeness (QED) is 0.682. The van der Waals surface area contributed by atoms with E-state index in [1.807, 2.05) is 11.8 Å². The maximum absolute atomic E-state index is 11.9. The first-order valence-corrected chi connectivity index (χ1v) is 5.86. The summed E-state index contributed by atoms with van der Waals surface area (Å²) in [5, 5.41) is 3.23. The summed E-state index contributed by atoms with van der Waals surface area (Å²) in [5.74, 6) is 0.132.